The fourth-order valence-electron chi connectivity index (χ4n) is 4.15. The molecule has 0 spiro atoms. The number of hydrogen-bond acceptors (Lipinski definition) is 8. The molecule has 0 saturated heterocycles. The first kappa shape index (κ1) is 21.6. The fraction of sp³-hybridized carbons (Fsp3) is 0.391. The largest absolute Gasteiger partial charge is 0.504 e. The summed E-state index contributed by atoms with van der Waals surface area (Å²) in [5.41, 5.74) is -0.363. The third-order valence-electron chi connectivity index (χ3n) is 6.08. The van der Waals surface area contributed by atoms with Gasteiger partial charge in [0.05, 0.1) is 18.0 Å². The highest BCUT2D eigenvalue weighted by Gasteiger charge is 2.38. The maximum Gasteiger partial charge on any atom is 0.275 e. The standard InChI is InChI=1S/C23H26N4O5/c1-23(2)9-5-6-12-8-11-32-20(12)21(23)26-15-14(18(29)19(15)30)25-13-7-10-24-16(17(13)28)22(31)27(3)4/h7-8,10-11,21,26,28H,5-6,9H2,1-4H3,(H,24,25)/t21-/m0/s1. The summed E-state index contributed by atoms with van der Waals surface area (Å²) in [4.78, 5) is 42.3. The Morgan fingerprint density at radius 3 is 2.66 bits per heavy atom. The highest BCUT2D eigenvalue weighted by atomic mass is 16.3. The molecule has 3 N–H and O–H groups in total. The van der Waals surface area contributed by atoms with Crippen molar-refractivity contribution < 1.29 is 14.3 Å². The lowest BCUT2D eigenvalue weighted by Crippen LogP contribution is -2.39. The molecule has 2 heterocycles. The van der Waals surface area contributed by atoms with Crippen LogP contribution in [0.15, 0.2) is 38.6 Å². The van der Waals surface area contributed by atoms with E-state index in [4.69, 9.17) is 4.42 Å². The van der Waals surface area contributed by atoms with Gasteiger partial charge in [0.1, 0.15) is 17.1 Å². The van der Waals surface area contributed by atoms with Gasteiger partial charge >= 0.3 is 0 Å². The fourth-order valence-corrected chi connectivity index (χ4v) is 4.15. The molecular weight excluding hydrogens is 412 g/mol. The maximum atomic E-state index is 12.5. The molecule has 9 nitrogen and oxygen atoms in total. The van der Waals surface area contributed by atoms with E-state index < -0.39 is 22.5 Å². The summed E-state index contributed by atoms with van der Waals surface area (Å²) < 4.78 is 5.76. The van der Waals surface area contributed by atoms with Crippen molar-refractivity contribution in [1.29, 1.82) is 0 Å². The highest BCUT2D eigenvalue weighted by Crippen LogP contribution is 2.45. The third-order valence-corrected chi connectivity index (χ3v) is 6.08. The topological polar surface area (TPSA) is 125 Å². The summed E-state index contributed by atoms with van der Waals surface area (Å²) >= 11 is 0. The lowest BCUT2D eigenvalue weighted by molar-refractivity contribution is 0.0819. The van der Waals surface area contributed by atoms with Crippen molar-refractivity contribution in [2.45, 2.75) is 39.2 Å². The molecule has 32 heavy (non-hydrogen) atoms. The van der Waals surface area contributed by atoms with Crippen molar-refractivity contribution in [2.75, 3.05) is 24.7 Å². The number of pyridine rings is 1. The third kappa shape index (κ3) is 3.53. The molecule has 9 heteroatoms. The molecule has 0 saturated carbocycles. The van der Waals surface area contributed by atoms with Crippen molar-refractivity contribution in [3.05, 3.63) is 62.1 Å². The first-order valence-electron chi connectivity index (χ1n) is 10.4. The van der Waals surface area contributed by atoms with Gasteiger partial charge in [-0.1, -0.05) is 13.8 Å². The zero-order valence-corrected chi connectivity index (χ0v) is 18.5. The number of hydrogen-bond donors (Lipinski definition) is 3. The summed E-state index contributed by atoms with van der Waals surface area (Å²) in [7, 11) is 3.08. The van der Waals surface area contributed by atoms with Crippen LogP contribution < -0.4 is 21.5 Å². The Balaban J connectivity index is 1.68. The van der Waals surface area contributed by atoms with Crippen LogP contribution in [0.4, 0.5) is 17.1 Å². The first-order valence-corrected chi connectivity index (χ1v) is 10.4. The van der Waals surface area contributed by atoms with Crippen LogP contribution in [0.25, 0.3) is 0 Å². The first-order chi connectivity index (χ1) is 15.1. The molecule has 1 atom stereocenters. The lowest BCUT2D eigenvalue weighted by Gasteiger charge is -2.34. The second-order valence-electron chi connectivity index (χ2n) is 9.02. The molecule has 4 rings (SSSR count). The molecule has 0 unspecified atom stereocenters. The van der Waals surface area contributed by atoms with Crippen LogP contribution in [0.1, 0.15) is 54.5 Å². The number of amides is 1. The number of carbonyl (C=O) groups excluding carboxylic acids is 1. The minimum absolute atomic E-state index is 0.0351. The van der Waals surface area contributed by atoms with Gasteiger partial charge in [0, 0.05) is 20.3 Å². The zero-order valence-electron chi connectivity index (χ0n) is 18.5. The number of rotatable bonds is 5. The molecule has 0 radical (unpaired) electrons. The Morgan fingerprint density at radius 2 is 1.94 bits per heavy atom. The molecule has 1 aliphatic rings. The van der Waals surface area contributed by atoms with Crippen molar-refractivity contribution in [2.24, 2.45) is 5.41 Å². The van der Waals surface area contributed by atoms with Crippen LogP contribution in [-0.4, -0.2) is 35.0 Å². The van der Waals surface area contributed by atoms with E-state index in [-0.39, 0.29) is 34.2 Å². The number of nitrogens with one attached hydrogen (secondary N) is 2. The molecule has 0 bridgehead atoms. The van der Waals surface area contributed by atoms with Gasteiger partial charge in [0.2, 0.25) is 0 Å². The summed E-state index contributed by atoms with van der Waals surface area (Å²) in [6, 6.07) is 3.06. The quantitative estimate of drug-likeness (QED) is 0.410. The number of furan rings is 1. The Hall–Kier alpha value is -3.62. The van der Waals surface area contributed by atoms with Crippen LogP contribution in [0.5, 0.6) is 5.75 Å². The SMILES string of the molecule is CN(C)C(=O)c1nccc(Nc2c(N[C@H]3c4occc4CCCC3(C)C)c(=O)c2=O)c1O. The van der Waals surface area contributed by atoms with Crippen LogP contribution >= 0.6 is 0 Å². The Bertz CT molecular complexity index is 1250. The van der Waals surface area contributed by atoms with E-state index in [0.29, 0.717) is 0 Å². The van der Waals surface area contributed by atoms with Gasteiger partial charge in [0.25, 0.3) is 16.8 Å². The molecule has 1 amide bonds. The van der Waals surface area contributed by atoms with E-state index in [9.17, 15) is 19.5 Å². The van der Waals surface area contributed by atoms with Crippen LogP contribution in [0.3, 0.4) is 0 Å². The number of aromatic hydroxyl groups is 1. The maximum absolute atomic E-state index is 12.5. The summed E-state index contributed by atoms with van der Waals surface area (Å²) in [5, 5.41) is 16.6. The van der Waals surface area contributed by atoms with Gasteiger partial charge in [-0.25, -0.2) is 4.98 Å². The zero-order chi connectivity index (χ0) is 23.2. The Labute approximate surface area is 184 Å². The van der Waals surface area contributed by atoms with E-state index >= 15 is 0 Å². The number of carbonyl (C=O) groups is 1. The molecule has 3 aromatic rings. The average molecular weight is 438 g/mol. The van der Waals surface area contributed by atoms with E-state index in [2.05, 4.69) is 29.5 Å². The monoisotopic (exact) mass is 438 g/mol. The Kier molecular flexibility index (Phi) is 5.28. The minimum Gasteiger partial charge on any atom is -0.504 e. The van der Waals surface area contributed by atoms with Gasteiger partial charge in [0.15, 0.2) is 11.4 Å². The molecule has 2 aromatic heterocycles. The van der Waals surface area contributed by atoms with Gasteiger partial charge in [-0.3, -0.25) is 14.4 Å². The van der Waals surface area contributed by atoms with Gasteiger partial charge < -0.3 is 25.1 Å². The van der Waals surface area contributed by atoms with E-state index in [0.717, 1.165) is 30.6 Å². The van der Waals surface area contributed by atoms with Gasteiger partial charge in [-0.15, -0.1) is 0 Å². The van der Waals surface area contributed by atoms with Crippen molar-refractivity contribution in [3.8, 4) is 5.75 Å². The molecule has 0 aliphatic heterocycles. The highest BCUT2D eigenvalue weighted by molar-refractivity contribution is 5.97. The van der Waals surface area contributed by atoms with Gasteiger partial charge in [-0.2, -0.15) is 0 Å². The molecule has 1 aliphatic carbocycles. The van der Waals surface area contributed by atoms with Crippen LogP contribution in [0, 0.1) is 5.41 Å². The molecular formula is C23H26N4O5. The van der Waals surface area contributed by atoms with E-state index in [1.165, 1.54) is 17.2 Å². The average Bonchev–Trinajstić information content (AvgIpc) is 3.16. The number of fused-ring (bicyclic) bond motifs is 1. The Morgan fingerprint density at radius 1 is 1.22 bits per heavy atom. The second kappa shape index (κ2) is 7.81. The number of anilines is 3. The van der Waals surface area contributed by atoms with E-state index in [1.807, 2.05) is 6.07 Å². The minimum atomic E-state index is -0.699. The van der Waals surface area contributed by atoms with Crippen LogP contribution in [-0.2, 0) is 6.42 Å². The molecule has 1 aromatic carbocycles. The van der Waals surface area contributed by atoms with Crippen molar-refractivity contribution in [3.63, 3.8) is 0 Å². The van der Waals surface area contributed by atoms with Crippen LogP contribution in [0.2, 0.25) is 0 Å². The van der Waals surface area contributed by atoms with Crippen molar-refractivity contribution in [1.82, 2.24) is 9.88 Å². The molecule has 168 valence electrons. The number of aromatic nitrogens is 1. The summed E-state index contributed by atoms with van der Waals surface area (Å²) in [5.74, 6) is -0.120. The number of aryl methyl sites for hydroxylation is 1. The summed E-state index contributed by atoms with van der Waals surface area (Å²) in [6.07, 6.45) is 5.77. The lowest BCUT2D eigenvalue weighted by atomic mass is 9.80. The number of nitrogens with zero attached hydrogens (tertiary/aromatic N) is 2. The predicted octanol–water partition coefficient (Wildman–Crippen LogP) is 2.94. The predicted molar refractivity (Wildman–Crippen MR) is 120 cm³/mol. The second-order valence-corrected chi connectivity index (χ2v) is 9.02. The summed E-state index contributed by atoms with van der Waals surface area (Å²) in [6.45, 7) is 4.18. The smallest absolute Gasteiger partial charge is 0.275 e. The normalized spacial score (nSPS) is 17.4. The van der Waals surface area contributed by atoms with E-state index in [1.54, 1.807) is 20.4 Å². The van der Waals surface area contributed by atoms with Crippen molar-refractivity contribution >= 4 is 23.0 Å². The molecule has 0 fully saturated rings. The van der Waals surface area contributed by atoms with Gasteiger partial charge in [-0.05, 0) is 42.4 Å².